The van der Waals surface area contributed by atoms with E-state index in [4.69, 9.17) is 4.74 Å². The van der Waals surface area contributed by atoms with E-state index in [-0.39, 0.29) is 0 Å². The van der Waals surface area contributed by atoms with E-state index < -0.39 is 0 Å². The van der Waals surface area contributed by atoms with Crippen molar-refractivity contribution in [2.24, 2.45) is 0 Å². The first-order chi connectivity index (χ1) is 5.79. The maximum Gasteiger partial charge on any atom is 0.126 e. The van der Waals surface area contributed by atoms with Gasteiger partial charge < -0.3 is 9.84 Å². The van der Waals surface area contributed by atoms with Crippen LogP contribution in [0.4, 0.5) is 0 Å². The van der Waals surface area contributed by atoms with Crippen LogP contribution in [0.3, 0.4) is 0 Å². The van der Waals surface area contributed by atoms with Crippen LogP contribution in [0.25, 0.3) is 0 Å². The predicted octanol–water partition coefficient (Wildman–Crippen LogP) is 2.28. The van der Waals surface area contributed by atoms with E-state index in [2.05, 4.69) is 6.92 Å². The first-order valence-corrected chi connectivity index (χ1v) is 4.23. The third-order valence-electron chi connectivity index (χ3n) is 2.34. The number of hydrogen-bond donors (Lipinski definition) is 1. The lowest BCUT2D eigenvalue weighted by molar-refractivity contribution is 0.267. The van der Waals surface area contributed by atoms with E-state index in [0.29, 0.717) is 11.7 Å². The van der Waals surface area contributed by atoms with Crippen LogP contribution in [0.1, 0.15) is 24.8 Å². The minimum absolute atomic E-state index is 0.361. The normalized spacial score (nSPS) is 21.2. The molecule has 1 aliphatic rings. The molecule has 0 bridgehead atoms. The van der Waals surface area contributed by atoms with Gasteiger partial charge in [-0.25, -0.2) is 0 Å². The number of ether oxygens (including phenoxy) is 1. The molecule has 64 valence electrons. The smallest absolute Gasteiger partial charge is 0.126 e. The molecular weight excluding hydrogens is 152 g/mol. The summed E-state index contributed by atoms with van der Waals surface area (Å²) in [7, 11) is 0. The number of rotatable bonds is 0. The van der Waals surface area contributed by atoms with Crippen LogP contribution >= 0.6 is 0 Å². The Kier molecular flexibility index (Phi) is 1.68. The molecule has 12 heavy (non-hydrogen) atoms. The van der Waals surface area contributed by atoms with Crippen molar-refractivity contribution in [1.82, 2.24) is 0 Å². The average molecular weight is 164 g/mol. The second-order valence-corrected chi connectivity index (χ2v) is 3.23. The predicted molar refractivity (Wildman–Crippen MR) is 46.6 cm³/mol. The monoisotopic (exact) mass is 164 g/mol. The van der Waals surface area contributed by atoms with Crippen LogP contribution in [-0.4, -0.2) is 11.7 Å². The fourth-order valence-electron chi connectivity index (χ4n) is 1.64. The molecule has 0 aromatic heterocycles. The summed E-state index contributed by atoms with van der Waals surface area (Å²) >= 11 is 0. The summed E-state index contributed by atoms with van der Waals surface area (Å²) in [6, 6.07) is 5.43. The number of fused-ring (bicyclic) bond motifs is 1. The summed E-state index contributed by atoms with van der Waals surface area (Å²) in [6.45, 7) is 2.87. The maximum atomic E-state index is 9.55. The molecule has 2 rings (SSSR count). The van der Waals surface area contributed by atoms with Gasteiger partial charge in [0.15, 0.2) is 0 Å². The standard InChI is InChI=1S/C10H12O2/c1-7-5-6-12-9-4-2-3-8(11)10(7)9/h2-4,7,11H,5-6H2,1H3/t7-/m1/s1. The molecule has 1 aliphatic heterocycles. The summed E-state index contributed by atoms with van der Waals surface area (Å²) in [5.74, 6) is 1.61. The molecule has 2 heteroatoms. The fraction of sp³-hybridized carbons (Fsp3) is 0.400. The SMILES string of the molecule is C[C@@H]1CCOc2cccc(O)c21. The highest BCUT2D eigenvalue weighted by Gasteiger charge is 2.20. The van der Waals surface area contributed by atoms with Crippen LogP contribution in [-0.2, 0) is 0 Å². The zero-order chi connectivity index (χ0) is 8.55. The Morgan fingerprint density at radius 2 is 2.33 bits per heavy atom. The van der Waals surface area contributed by atoms with Crippen molar-refractivity contribution in [3.8, 4) is 11.5 Å². The van der Waals surface area contributed by atoms with Crippen molar-refractivity contribution in [2.45, 2.75) is 19.3 Å². The third-order valence-corrected chi connectivity index (χ3v) is 2.34. The summed E-state index contributed by atoms with van der Waals surface area (Å²) in [5, 5.41) is 9.55. The molecule has 1 atom stereocenters. The lowest BCUT2D eigenvalue weighted by atomic mass is 9.94. The maximum absolute atomic E-state index is 9.55. The molecule has 1 heterocycles. The van der Waals surface area contributed by atoms with E-state index >= 15 is 0 Å². The van der Waals surface area contributed by atoms with Crippen molar-refractivity contribution in [2.75, 3.05) is 6.61 Å². The highest BCUT2D eigenvalue weighted by Crippen LogP contribution is 2.38. The zero-order valence-corrected chi connectivity index (χ0v) is 7.08. The molecule has 2 nitrogen and oxygen atoms in total. The van der Waals surface area contributed by atoms with Gasteiger partial charge in [-0.05, 0) is 24.5 Å². The van der Waals surface area contributed by atoms with Gasteiger partial charge in [0.25, 0.3) is 0 Å². The Labute approximate surface area is 71.8 Å². The molecule has 1 aromatic carbocycles. The zero-order valence-electron chi connectivity index (χ0n) is 7.08. The van der Waals surface area contributed by atoms with Gasteiger partial charge in [-0.3, -0.25) is 0 Å². The molecule has 1 N–H and O–H groups in total. The first kappa shape index (κ1) is 7.47. The van der Waals surface area contributed by atoms with Crippen molar-refractivity contribution < 1.29 is 9.84 Å². The van der Waals surface area contributed by atoms with Crippen LogP contribution in [0.2, 0.25) is 0 Å². The minimum Gasteiger partial charge on any atom is -0.508 e. The van der Waals surface area contributed by atoms with Gasteiger partial charge in [-0.15, -0.1) is 0 Å². The molecule has 0 fully saturated rings. The van der Waals surface area contributed by atoms with Gasteiger partial charge in [0, 0.05) is 5.56 Å². The van der Waals surface area contributed by atoms with Crippen LogP contribution < -0.4 is 4.74 Å². The molecule has 0 saturated heterocycles. The second-order valence-electron chi connectivity index (χ2n) is 3.23. The van der Waals surface area contributed by atoms with E-state index in [9.17, 15) is 5.11 Å². The molecule has 1 aromatic rings. The minimum atomic E-state index is 0.361. The number of phenols is 1. The van der Waals surface area contributed by atoms with E-state index in [1.807, 2.05) is 12.1 Å². The summed E-state index contributed by atoms with van der Waals surface area (Å²) in [6.07, 6.45) is 0.991. The van der Waals surface area contributed by atoms with Crippen molar-refractivity contribution >= 4 is 0 Å². The quantitative estimate of drug-likeness (QED) is 0.637. The number of benzene rings is 1. The van der Waals surface area contributed by atoms with Crippen molar-refractivity contribution in [3.05, 3.63) is 23.8 Å². The third kappa shape index (κ3) is 1.04. The lowest BCUT2D eigenvalue weighted by Crippen LogP contribution is -2.11. The number of hydrogen-bond acceptors (Lipinski definition) is 2. The molecular formula is C10H12O2. The lowest BCUT2D eigenvalue weighted by Gasteiger charge is -2.23. The highest BCUT2D eigenvalue weighted by molar-refractivity contribution is 5.47. The van der Waals surface area contributed by atoms with Gasteiger partial charge >= 0.3 is 0 Å². The summed E-state index contributed by atoms with van der Waals surface area (Å²) in [4.78, 5) is 0. The van der Waals surface area contributed by atoms with Gasteiger partial charge in [-0.2, -0.15) is 0 Å². The number of phenolic OH excluding ortho intramolecular Hbond substituents is 1. The first-order valence-electron chi connectivity index (χ1n) is 4.23. The Balaban J connectivity index is 2.53. The Hall–Kier alpha value is -1.18. The van der Waals surface area contributed by atoms with Gasteiger partial charge in [0.05, 0.1) is 6.61 Å². The van der Waals surface area contributed by atoms with Crippen molar-refractivity contribution in [3.63, 3.8) is 0 Å². The fourth-order valence-corrected chi connectivity index (χ4v) is 1.64. The van der Waals surface area contributed by atoms with Gasteiger partial charge in [0.2, 0.25) is 0 Å². The molecule has 0 radical (unpaired) electrons. The molecule has 0 unspecified atom stereocenters. The highest BCUT2D eigenvalue weighted by atomic mass is 16.5. The second kappa shape index (κ2) is 2.70. The Morgan fingerprint density at radius 1 is 1.50 bits per heavy atom. The van der Waals surface area contributed by atoms with Gasteiger partial charge in [-0.1, -0.05) is 13.0 Å². The summed E-state index contributed by atoms with van der Waals surface area (Å²) < 4.78 is 5.41. The molecule has 0 amide bonds. The molecule has 0 spiro atoms. The average Bonchev–Trinajstić information content (AvgIpc) is 2.04. The van der Waals surface area contributed by atoms with Crippen LogP contribution in [0, 0.1) is 0 Å². The topological polar surface area (TPSA) is 29.5 Å². The molecule has 0 aliphatic carbocycles. The van der Waals surface area contributed by atoms with E-state index in [0.717, 1.165) is 24.3 Å². The van der Waals surface area contributed by atoms with Crippen LogP contribution in [0.5, 0.6) is 11.5 Å². The van der Waals surface area contributed by atoms with Gasteiger partial charge in [0.1, 0.15) is 11.5 Å². The Bertz CT molecular complexity index is 294. The van der Waals surface area contributed by atoms with E-state index in [1.54, 1.807) is 6.07 Å². The molecule has 0 saturated carbocycles. The van der Waals surface area contributed by atoms with Crippen LogP contribution in [0.15, 0.2) is 18.2 Å². The van der Waals surface area contributed by atoms with E-state index in [1.165, 1.54) is 0 Å². The summed E-state index contributed by atoms with van der Waals surface area (Å²) in [5.41, 5.74) is 0.962. The van der Waals surface area contributed by atoms with Crippen molar-refractivity contribution in [1.29, 1.82) is 0 Å². The Morgan fingerprint density at radius 3 is 3.08 bits per heavy atom. The number of aromatic hydroxyl groups is 1. The largest absolute Gasteiger partial charge is 0.508 e.